The molecule has 0 fully saturated rings. The summed E-state index contributed by atoms with van der Waals surface area (Å²) in [5.41, 5.74) is 0. The Morgan fingerprint density at radius 2 is 1.56 bits per heavy atom. The second-order valence-electron chi connectivity index (χ2n) is 4.45. The molecule has 3 nitrogen and oxygen atoms in total. The Labute approximate surface area is 101 Å². The fourth-order valence-electron chi connectivity index (χ4n) is 1.81. The van der Waals surface area contributed by atoms with Gasteiger partial charge in [0.25, 0.3) is 0 Å². The van der Waals surface area contributed by atoms with Gasteiger partial charge in [-0.3, -0.25) is 4.79 Å². The molecular weight excluding hydrogens is 200 g/mol. The highest BCUT2D eigenvalue weighted by molar-refractivity contribution is 5.78. The molecule has 0 aliphatic heterocycles. The average molecular weight is 228 g/mol. The van der Waals surface area contributed by atoms with E-state index >= 15 is 0 Å². The normalized spacial score (nSPS) is 11.2. The quantitative estimate of drug-likeness (QED) is 0.636. The van der Waals surface area contributed by atoms with Gasteiger partial charge in [0.1, 0.15) is 0 Å². The molecule has 0 unspecified atom stereocenters. The van der Waals surface area contributed by atoms with Gasteiger partial charge in [-0.05, 0) is 33.0 Å². The van der Waals surface area contributed by atoms with Crippen molar-refractivity contribution in [3.63, 3.8) is 0 Å². The van der Waals surface area contributed by atoms with Gasteiger partial charge >= 0.3 is 0 Å². The van der Waals surface area contributed by atoms with Crippen LogP contribution in [-0.4, -0.2) is 48.4 Å². The fourth-order valence-corrected chi connectivity index (χ4v) is 1.81. The first kappa shape index (κ1) is 15.4. The number of hydrogen-bond donors (Lipinski definition) is 0. The molecule has 16 heavy (non-hydrogen) atoms. The van der Waals surface area contributed by atoms with Crippen molar-refractivity contribution < 1.29 is 4.79 Å². The van der Waals surface area contributed by atoms with Crippen molar-refractivity contribution in [1.82, 2.24) is 9.80 Å². The highest BCUT2D eigenvalue weighted by atomic mass is 16.2. The standard InChI is InChI=1S/C13H28N2O/c1-6-14(7-2)10-9-11-15(8-3)13(16)12(4)5/h12H,6-11H2,1-5H3. The van der Waals surface area contributed by atoms with Crippen LogP contribution in [0.1, 0.15) is 41.0 Å². The maximum atomic E-state index is 11.8. The maximum absolute atomic E-state index is 11.8. The van der Waals surface area contributed by atoms with E-state index < -0.39 is 0 Å². The van der Waals surface area contributed by atoms with Gasteiger partial charge in [0.2, 0.25) is 5.91 Å². The minimum atomic E-state index is 0.119. The van der Waals surface area contributed by atoms with Gasteiger partial charge in [-0.15, -0.1) is 0 Å². The lowest BCUT2D eigenvalue weighted by Gasteiger charge is -2.25. The maximum Gasteiger partial charge on any atom is 0.225 e. The summed E-state index contributed by atoms with van der Waals surface area (Å²) in [5, 5.41) is 0. The second-order valence-corrected chi connectivity index (χ2v) is 4.45. The lowest BCUT2D eigenvalue weighted by atomic mass is 10.2. The molecule has 0 saturated heterocycles. The fraction of sp³-hybridized carbons (Fsp3) is 0.923. The summed E-state index contributed by atoms with van der Waals surface area (Å²) in [7, 11) is 0. The van der Waals surface area contributed by atoms with Crippen LogP contribution in [0.3, 0.4) is 0 Å². The van der Waals surface area contributed by atoms with Gasteiger partial charge in [-0.1, -0.05) is 27.7 Å². The van der Waals surface area contributed by atoms with E-state index in [9.17, 15) is 4.79 Å². The summed E-state index contributed by atoms with van der Waals surface area (Å²) >= 11 is 0. The van der Waals surface area contributed by atoms with Crippen LogP contribution in [0.5, 0.6) is 0 Å². The molecule has 1 amide bonds. The van der Waals surface area contributed by atoms with Gasteiger partial charge in [-0.25, -0.2) is 0 Å². The van der Waals surface area contributed by atoms with Gasteiger partial charge < -0.3 is 9.80 Å². The van der Waals surface area contributed by atoms with Gasteiger partial charge in [0.05, 0.1) is 0 Å². The second kappa shape index (κ2) is 8.57. The molecule has 0 aromatic carbocycles. The molecule has 0 aromatic rings. The Balaban J connectivity index is 3.92. The van der Waals surface area contributed by atoms with Crippen LogP contribution < -0.4 is 0 Å². The summed E-state index contributed by atoms with van der Waals surface area (Å²) in [5.74, 6) is 0.399. The Kier molecular flexibility index (Phi) is 8.26. The molecule has 0 radical (unpaired) electrons. The van der Waals surface area contributed by atoms with Crippen LogP contribution >= 0.6 is 0 Å². The first-order valence-electron chi connectivity index (χ1n) is 6.57. The zero-order chi connectivity index (χ0) is 12.6. The Bertz CT molecular complexity index is 188. The number of rotatable bonds is 8. The molecule has 0 N–H and O–H groups in total. The molecule has 96 valence electrons. The predicted octanol–water partition coefficient (Wildman–Crippen LogP) is 2.22. The smallest absolute Gasteiger partial charge is 0.225 e. The largest absolute Gasteiger partial charge is 0.343 e. The highest BCUT2D eigenvalue weighted by Crippen LogP contribution is 2.03. The molecule has 0 heterocycles. The third-order valence-corrected chi connectivity index (χ3v) is 2.98. The minimum Gasteiger partial charge on any atom is -0.343 e. The van der Waals surface area contributed by atoms with Crippen molar-refractivity contribution in [2.24, 2.45) is 5.92 Å². The average Bonchev–Trinajstić information content (AvgIpc) is 2.28. The summed E-state index contributed by atoms with van der Waals surface area (Å²) < 4.78 is 0. The molecule has 0 spiro atoms. The Hall–Kier alpha value is -0.570. The zero-order valence-electron chi connectivity index (χ0n) is 11.6. The summed E-state index contributed by atoms with van der Waals surface area (Å²) in [4.78, 5) is 16.2. The summed E-state index contributed by atoms with van der Waals surface area (Å²) in [6, 6.07) is 0. The lowest BCUT2D eigenvalue weighted by molar-refractivity contribution is -0.134. The van der Waals surface area contributed by atoms with Crippen LogP contribution in [-0.2, 0) is 4.79 Å². The molecule has 0 bridgehead atoms. The van der Waals surface area contributed by atoms with Crippen molar-refractivity contribution in [3.8, 4) is 0 Å². The van der Waals surface area contributed by atoms with Gasteiger partial charge in [0, 0.05) is 19.0 Å². The Morgan fingerprint density at radius 1 is 1.00 bits per heavy atom. The molecule has 0 aliphatic rings. The van der Waals surface area contributed by atoms with Crippen molar-refractivity contribution in [3.05, 3.63) is 0 Å². The van der Waals surface area contributed by atoms with Crippen LogP contribution in [0.15, 0.2) is 0 Å². The van der Waals surface area contributed by atoms with Crippen LogP contribution in [0, 0.1) is 5.92 Å². The van der Waals surface area contributed by atoms with Crippen molar-refractivity contribution in [2.75, 3.05) is 32.7 Å². The Morgan fingerprint density at radius 3 is 1.94 bits per heavy atom. The van der Waals surface area contributed by atoms with E-state index in [-0.39, 0.29) is 11.8 Å². The SMILES string of the molecule is CCN(CC)CCCN(CC)C(=O)C(C)C. The van der Waals surface area contributed by atoms with E-state index in [2.05, 4.69) is 25.7 Å². The monoisotopic (exact) mass is 228 g/mol. The molecular formula is C13H28N2O. The summed E-state index contributed by atoms with van der Waals surface area (Å²) in [6.45, 7) is 15.4. The zero-order valence-corrected chi connectivity index (χ0v) is 11.6. The molecule has 0 atom stereocenters. The molecule has 0 rings (SSSR count). The van der Waals surface area contributed by atoms with Crippen molar-refractivity contribution >= 4 is 5.91 Å². The van der Waals surface area contributed by atoms with Crippen molar-refractivity contribution in [1.29, 1.82) is 0 Å². The molecule has 3 heteroatoms. The van der Waals surface area contributed by atoms with Crippen molar-refractivity contribution in [2.45, 2.75) is 41.0 Å². The van der Waals surface area contributed by atoms with Gasteiger partial charge in [-0.2, -0.15) is 0 Å². The molecule has 0 saturated carbocycles. The van der Waals surface area contributed by atoms with E-state index in [4.69, 9.17) is 0 Å². The molecule has 0 aromatic heterocycles. The van der Waals surface area contributed by atoms with E-state index in [1.807, 2.05) is 18.7 Å². The predicted molar refractivity (Wildman–Crippen MR) is 69.5 cm³/mol. The first-order chi connectivity index (χ1) is 7.56. The van der Waals surface area contributed by atoms with E-state index in [0.29, 0.717) is 0 Å². The van der Waals surface area contributed by atoms with E-state index in [1.165, 1.54) is 0 Å². The van der Waals surface area contributed by atoms with Crippen LogP contribution in [0.4, 0.5) is 0 Å². The van der Waals surface area contributed by atoms with Crippen LogP contribution in [0.2, 0.25) is 0 Å². The number of carbonyl (C=O) groups excluding carboxylic acids is 1. The number of nitrogens with zero attached hydrogens (tertiary/aromatic N) is 2. The highest BCUT2D eigenvalue weighted by Gasteiger charge is 2.14. The first-order valence-corrected chi connectivity index (χ1v) is 6.57. The number of carbonyl (C=O) groups is 1. The third kappa shape index (κ3) is 5.50. The minimum absolute atomic E-state index is 0.119. The van der Waals surface area contributed by atoms with Gasteiger partial charge in [0.15, 0.2) is 0 Å². The topological polar surface area (TPSA) is 23.6 Å². The molecule has 0 aliphatic carbocycles. The number of hydrogen-bond acceptors (Lipinski definition) is 2. The van der Waals surface area contributed by atoms with Crippen LogP contribution in [0.25, 0.3) is 0 Å². The van der Waals surface area contributed by atoms with E-state index in [1.54, 1.807) is 0 Å². The lowest BCUT2D eigenvalue weighted by Crippen LogP contribution is -2.36. The summed E-state index contributed by atoms with van der Waals surface area (Å²) in [6.07, 6.45) is 1.08. The third-order valence-electron chi connectivity index (χ3n) is 2.98. The number of amides is 1. The van der Waals surface area contributed by atoms with E-state index in [0.717, 1.165) is 39.1 Å².